The van der Waals surface area contributed by atoms with E-state index >= 15 is 0 Å². The van der Waals surface area contributed by atoms with Crippen LogP contribution in [0.25, 0.3) is 0 Å². The van der Waals surface area contributed by atoms with Crippen LogP contribution in [0.4, 0.5) is 0 Å². The lowest BCUT2D eigenvalue weighted by Crippen LogP contribution is -2.16. The second kappa shape index (κ2) is 6.25. The van der Waals surface area contributed by atoms with Gasteiger partial charge in [0.15, 0.2) is 0 Å². The first-order valence-electron chi connectivity index (χ1n) is 6.07. The third-order valence-electron chi connectivity index (χ3n) is 3.18. The van der Waals surface area contributed by atoms with Crippen LogP contribution >= 0.6 is 23.2 Å². The largest absolute Gasteiger partial charge is 0.481 e. The number of halogens is 2. The van der Waals surface area contributed by atoms with E-state index in [4.69, 9.17) is 23.2 Å². The summed E-state index contributed by atoms with van der Waals surface area (Å²) in [5.74, 6) is -1.54. The normalized spacial score (nSPS) is 12.2. The van der Waals surface area contributed by atoms with Gasteiger partial charge in [-0.15, -0.1) is 0 Å². The Morgan fingerprint density at radius 2 is 2.05 bits per heavy atom. The van der Waals surface area contributed by atoms with E-state index in [-0.39, 0.29) is 6.42 Å². The van der Waals surface area contributed by atoms with Gasteiger partial charge in [-0.05, 0) is 36.1 Å². The number of aryl methyl sites for hydroxylation is 1. The van der Waals surface area contributed by atoms with Gasteiger partial charge < -0.3 is 5.11 Å². The summed E-state index contributed by atoms with van der Waals surface area (Å²) in [7, 11) is 0. The molecule has 104 valence electrons. The van der Waals surface area contributed by atoms with E-state index in [9.17, 15) is 9.90 Å². The van der Waals surface area contributed by atoms with Crippen LogP contribution in [0, 0.1) is 6.92 Å². The van der Waals surface area contributed by atoms with Crippen molar-refractivity contribution in [1.29, 1.82) is 0 Å². The summed E-state index contributed by atoms with van der Waals surface area (Å²) in [6.45, 7) is 1.90. The molecule has 20 heavy (non-hydrogen) atoms. The van der Waals surface area contributed by atoms with Gasteiger partial charge in [0.2, 0.25) is 0 Å². The summed E-state index contributed by atoms with van der Waals surface area (Å²) in [6, 6.07) is 8.96. The first-order valence-corrected chi connectivity index (χ1v) is 6.83. The van der Waals surface area contributed by atoms with E-state index in [0.717, 1.165) is 11.1 Å². The molecular formula is C15H13Cl2NO2. The molecule has 0 amide bonds. The number of rotatable bonds is 4. The van der Waals surface area contributed by atoms with Crippen LogP contribution < -0.4 is 0 Å². The highest BCUT2D eigenvalue weighted by molar-refractivity contribution is 6.34. The van der Waals surface area contributed by atoms with Crippen LogP contribution in [0.2, 0.25) is 10.2 Å². The molecule has 1 N–H and O–H groups in total. The van der Waals surface area contributed by atoms with Gasteiger partial charge in [-0.3, -0.25) is 4.79 Å². The van der Waals surface area contributed by atoms with Crippen LogP contribution in [0.15, 0.2) is 36.5 Å². The second-order valence-electron chi connectivity index (χ2n) is 4.55. The number of carboxylic acid groups (broad SMARTS) is 1. The fraction of sp³-hybridized carbons (Fsp3) is 0.200. The van der Waals surface area contributed by atoms with Crippen LogP contribution in [0.1, 0.15) is 22.6 Å². The van der Waals surface area contributed by atoms with E-state index in [0.29, 0.717) is 15.7 Å². The standard InChI is InChI=1S/C15H13Cl2NO2/c1-9-4-2-3-5-11(9)12(15(19)20)6-10-8-18-14(17)7-13(10)16/h2-5,7-8,12H,6H2,1H3,(H,19,20). The van der Waals surface area contributed by atoms with Crippen molar-refractivity contribution in [2.45, 2.75) is 19.3 Å². The van der Waals surface area contributed by atoms with Gasteiger partial charge in [-0.2, -0.15) is 0 Å². The lowest BCUT2D eigenvalue weighted by atomic mass is 9.90. The fourth-order valence-corrected chi connectivity index (χ4v) is 2.56. The summed E-state index contributed by atoms with van der Waals surface area (Å²) in [5, 5.41) is 10.2. The van der Waals surface area contributed by atoms with E-state index in [1.54, 1.807) is 0 Å². The lowest BCUT2D eigenvalue weighted by molar-refractivity contribution is -0.138. The van der Waals surface area contributed by atoms with Crippen molar-refractivity contribution in [2.24, 2.45) is 0 Å². The molecule has 2 rings (SSSR count). The quantitative estimate of drug-likeness (QED) is 0.865. The summed E-state index contributed by atoms with van der Waals surface area (Å²) in [4.78, 5) is 15.5. The molecule has 0 spiro atoms. The monoisotopic (exact) mass is 309 g/mol. The molecule has 0 bridgehead atoms. The van der Waals surface area contributed by atoms with Crippen LogP contribution in [-0.4, -0.2) is 16.1 Å². The number of hydrogen-bond acceptors (Lipinski definition) is 2. The van der Waals surface area contributed by atoms with Gasteiger partial charge in [-0.25, -0.2) is 4.98 Å². The molecule has 0 saturated carbocycles. The van der Waals surface area contributed by atoms with Crippen molar-refractivity contribution in [2.75, 3.05) is 0 Å². The molecule has 5 heteroatoms. The Kier molecular flexibility index (Phi) is 4.63. The number of nitrogens with zero attached hydrogens (tertiary/aromatic N) is 1. The third-order valence-corrected chi connectivity index (χ3v) is 3.74. The van der Waals surface area contributed by atoms with Crippen molar-refractivity contribution < 1.29 is 9.90 Å². The minimum atomic E-state index is -0.884. The van der Waals surface area contributed by atoms with E-state index in [2.05, 4.69) is 4.98 Å². The molecule has 3 nitrogen and oxygen atoms in total. The second-order valence-corrected chi connectivity index (χ2v) is 5.34. The third kappa shape index (κ3) is 3.30. The Labute approximate surface area is 127 Å². The summed E-state index contributed by atoms with van der Waals surface area (Å²) < 4.78 is 0. The Hall–Kier alpha value is -1.58. The van der Waals surface area contributed by atoms with Crippen molar-refractivity contribution in [3.8, 4) is 0 Å². The van der Waals surface area contributed by atoms with Gasteiger partial charge in [0.05, 0.1) is 5.92 Å². The smallest absolute Gasteiger partial charge is 0.311 e. The van der Waals surface area contributed by atoms with Crippen molar-refractivity contribution in [3.63, 3.8) is 0 Å². The van der Waals surface area contributed by atoms with Crippen LogP contribution in [0.5, 0.6) is 0 Å². The van der Waals surface area contributed by atoms with Crippen LogP contribution in [-0.2, 0) is 11.2 Å². The molecule has 1 atom stereocenters. The highest BCUT2D eigenvalue weighted by Crippen LogP contribution is 2.28. The van der Waals surface area contributed by atoms with Gasteiger partial charge in [0, 0.05) is 11.2 Å². The van der Waals surface area contributed by atoms with Crippen molar-refractivity contribution in [3.05, 3.63) is 63.4 Å². The Morgan fingerprint density at radius 1 is 1.35 bits per heavy atom. The fourth-order valence-electron chi connectivity index (χ4n) is 2.11. The lowest BCUT2D eigenvalue weighted by Gasteiger charge is -2.16. The molecule has 0 radical (unpaired) electrons. The molecular weight excluding hydrogens is 297 g/mol. The first-order chi connectivity index (χ1) is 9.49. The SMILES string of the molecule is Cc1ccccc1C(Cc1cnc(Cl)cc1Cl)C(=O)O. The van der Waals surface area contributed by atoms with Gasteiger partial charge >= 0.3 is 5.97 Å². The topological polar surface area (TPSA) is 50.2 Å². The number of aliphatic carboxylic acids is 1. The van der Waals surface area contributed by atoms with Crippen LogP contribution in [0.3, 0.4) is 0 Å². The summed E-state index contributed by atoms with van der Waals surface area (Å²) in [5.41, 5.74) is 2.40. The number of aromatic nitrogens is 1. The summed E-state index contributed by atoms with van der Waals surface area (Å²) in [6.07, 6.45) is 1.81. The van der Waals surface area contributed by atoms with Gasteiger partial charge in [0.1, 0.15) is 5.15 Å². The van der Waals surface area contributed by atoms with Gasteiger partial charge in [-0.1, -0.05) is 47.5 Å². The van der Waals surface area contributed by atoms with E-state index < -0.39 is 11.9 Å². The molecule has 0 aliphatic heterocycles. The molecule has 1 aromatic carbocycles. The average Bonchev–Trinajstić information content (AvgIpc) is 2.39. The number of pyridine rings is 1. The minimum absolute atomic E-state index is 0.281. The number of carboxylic acids is 1. The maximum atomic E-state index is 11.5. The van der Waals surface area contributed by atoms with Crippen molar-refractivity contribution in [1.82, 2.24) is 4.98 Å². The Bertz CT molecular complexity index is 644. The van der Waals surface area contributed by atoms with E-state index in [1.807, 2.05) is 31.2 Å². The Morgan fingerprint density at radius 3 is 2.65 bits per heavy atom. The number of carbonyl (C=O) groups is 1. The molecule has 0 saturated heterocycles. The number of benzene rings is 1. The summed E-state index contributed by atoms with van der Waals surface area (Å²) >= 11 is 11.8. The maximum absolute atomic E-state index is 11.5. The molecule has 1 heterocycles. The van der Waals surface area contributed by atoms with Crippen molar-refractivity contribution >= 4 is 29.2 Å². The number of hydrogen-bond donors (Lipinski definition) is 1. The van der Waals surface area contributed by atoms with Gasteiger partial charge in [0.25, 0.3) is 0 Å². The molecule has 0 aliphatic rings. The first kappa shape index (κ1) is 14.8. The highest BCUT2D eigenvalue weighted by Gasteiger charge is 2.23. The highest BCUT2D eigenvalue weighted by atomic mass is 35.5. The maximum Gasteiger partial charge on any atom is 0.311 e. The minimum Gasteiger partial charge on any atom is -0.481 e. The molecule has 1 aromatic heterocycles. The molecule has 2 aromatic rings. The zero-order chi connectivity index (χ0) is 14.7. The van der Waals surface area contributed by atoms with E-state index in [1.165, 1.54) is 12.3 Å². The average molecular weight is 310 g/mol. The predicted molar refractivity (Wildman–Crippen MR) is 79.5 cm³/mol. The Balaban J connectivity index is 2.36. The molecule has 0 aliphatic carbocycles. The zero-order valence-electron chi connectivity index (χ0n) is 10.8. The zero-order valence-corrected chi connectivity index (χ0v) is 12.3. The molecule has 1 unspecified atom stereocenters. The predicted octanol–water partition coefficient (Wildman–Crippen LogP) is 4.11. The molecule has 0 fully saturated rings.